The van der Waals surface area contributed by atoms with Crippen molar-refractivity contribution in [3.8, 4) is 27.5 Å². The number of oxime groups is 1. The Hall–Kier alpha value is -3.65. The first-order valence-corrected chi connectivity index (χ1v) is 13.0. The van der Waals surface area contributed by atoms with Gasteiger partial charge in [-0.15, -0.1) is 11.3 Å². The lowest BCUT2D eigenvalue weighted by atomic mass is 9.95. The highest BCUT2D eigenvalue weighted by Gasteiger charge is 2.30. The fraction of sp³-hybridized carbons (Fsp3) is 0.321. The molecule has 0 radical (unpaired) electrons. The largest absolute Gasteiger partial charge is 0.393 e. The van der Waals surface area contributed by atoms with Crippen LogP contribution in [0.4, 0.5) is 0 Å². The average molecular weight is 500 g/mol. The number of ketones is 1. The molecule has 5 rings (SSSR count). The van der Waals surface area contributed by atoms with E-state index >= 15 is 0 Å². The molecule has 8 heteroatoms. The third-order valence-corrected chi connectivity index (χ3v) is 7.16. The third-order valence-electron chi connectivity index (χ3n) is 6.06. The van der Waals surface area contributed by atoms with E-state index in [4.69, 9.17) is 14.9 Å². The molecule has 0 bridgehead atoms. The number of fused-ring (bicyclic) bond motifs is 3. The Bertz CT molecular complexity index is 1460. The standard InChI is InChI=1S/C28H29N5O2S/c1-16(2)35-30-14-20-7-11-24(17(3)12-20)33-27-22(26(32-33)21-8-6-18(4)29-15-21)9-10-23-28(27)36-25(31-23)13-19(5)34/h6-8,11-12,14-16H,9-10,13H2,1-5H3/b30-14+. The van der Waals surface area contributed by atoms with Crippen LogP contribution in [0.2, 0.25) is 0 Å². The predicted octanol–water partition coefficient (Wildman–Crippen LogP) is 5.66. The van der Waals surface area contributed by atoms with Crippen LogP contribution < -0.4 is 0 Å². The second-order valence-electron chi connectivity index (χ2n) is 9.47. The van der Waals surface area contributed by atoms with Crippen molar-refractivity contribution in [2.24, 2.45) is 5.16 Å². The van der Waals surface area contributed by atoms with Crippen molar-refractivity contribution in [3.05, 3.63) is 69.6 Å². The molecule has 1 aliphatic carbocycles. The zero-order valence-electron chi connectivity index (χ0n) is 21.2. The maximum atomic E-state index is 11.8. The minimum absolute atomic E-state index is 0.0356. The van der Waals surface area contributed by atoms with Crippen molar-refractivity contribution >= 4 is 23.3 Å². The van der Waals surface area contributed by atoms with E-state index in [9.17, 15) is 4.79 Å². The molecule has 184 valence electrons. The number of rotatable bonds is 7. The van der Waals surface area contributed by atoms with Gasteiger partial charge in [-0.2, -0.15) is 5.10 Å². The lowest BCUT2D eigenvalue weighted by Gasteiger charge is -2.15. The van der Waals surface area contributed by atoms with Gasteiger partial charge >= 0.3 is 0 Å². The molecule has 0 fully saturated rings. The topological polar surface area (TPSA) is 82.3 Å². The molecule has 0 aliphatic heterocycles. The Morgan fingerprint density at radius 1 is 1.22 bits per heavy atom. The Labute approximate surface area is 214 Å². The number of carbonyl (C=O) groups is 1. The molecule has 36 heavy (non-hydrogen) atoms. The minimum Gasteiger partial charge on any atom is -0.393 e. The van der Waals surface area contributed by atoms with Gasteiger partial charge in [-0.05, 0) is 82.9 Å². The van der Waals surface area contributed by atoms with Crippen LogP contribution in [-0.2, 0) is 28.9 Å². The maximum Gasteiger partial charge on any atom is 0.136 e. The van der Waals surface area contributed by atoms with Gasteiger partial charge < -0.3 is 4.84 Å². The number of hydrogen-bond donors (Lipinski definition) is 0. The number of benzene rings is 1. The normalized spacial score (nSPS) is 12.7. The second-order valence-corrected chi connectivity index (χ2v) is 10.6. The van der Waals surface area contributed by atoms with E-state index in [1.807, 2.05) is 43.8 Å². The van der Waals surface area contributed by atoms with Crippen LogP contribution in [0.3, 0.4) is 0 Å². The molecular formula is C28H29N5O2S. The van der Waals surface area contributed by atoms with Crippen molar-refractivity contribution in [1.29, 1.82) is 0 Å². The summed E-state index contributed by atoms with van der Waals surface area (Å²) in [5.41, 5.74) is 9.25. The van der Waals surface area contributed by atoms with Gasteiger partial charge in [0.2, 0.25) is 0 Å². The van der Waals surface area contributed by atoms with Gasteiger partial charge in [-0.1, -0.05) is 11.2 Å². The first-order valence-electron chi connectivity index (χ1n) is 12.1. The monoisotopic (exact) mass is 499 g/mol. The van der Waals surface area contributed by atoms with Crippen molar-refractivity contribution < 1.29 is 9.63 Å². The van der Waals surface area contributed by atoms with E-state index < -0.39 is 0 Å². The van der Waals surface area contributed by atoms with Gasteiger partial charge in [0, 0.05) is 23.0 Å². The number of aromatic nitrogens is 4. The highest BCUT2D eigenvalue weighted by atomic mass is 32.1. The molecule has 1 aliphatic rings. The highest BCUT2D eigenvalue weighted by molar-refractivity contribution is 7.15. The van der Waals surface area contributed by atoms with Gasteiger partial charge in [0.05, 0.1) is 40.3 Å². The van der Waals surface area contributed by atoms with Gasteiger partial charge in [-0.3, -0.25) is 9.78 Å². The summed E-state index contributed by atoms with van der Waals surface area (Å²) < 4.78 is 2.04. The second kappa shape index (κ2) is 9.78. The number of thiazole rings is 1. The Morgan fingerprint density at radius 3 is 2.75 bits per heavy atom. The van der Waals surface area contributed by atoms with E-state index in [-0.39, 0.29) is 11.9 Å². The lowest BCUT2D eigenvalue weighted by molar-refractivity contribution is -0.116. The van der Waals surface area contributed by atoms with E-state index in [0.29, 0.717) is 6.42 Å². The number of Topliss-reactive ketones (excluding diaryl/α,β-unsaturated/α-hetero) is 1. The summed E-state index contributed by atoms with van der Waals surface area (Å²) in [6.07, 6.45) is 5.69. The Balaban J connectivity index is 1.65. The first-order chi connectivity index (χ1) is 17.3. The molecule has 0 unspecified atom stereocenters. The van der Waals surface area contributed by atoms with Crippen LogP contribution >= 0.6 is 11.3 Å². The molecule has 0 saturated heterocycles. The third kappa shape index (κ3) is 4.73. The molecule has 0 N–H and O–H groups in total. The van der Waals surface area contributed by atoms with Crippen LogP contribution in [0, 0.1) is 13.8 Å². The minimum atomic E-state index is 0.0356. The smallest absolute Gasteiger partial charge is 0.136 e. The summed E-state index contributed by atoms with van der Waals surface area (Å²) in [4.78, 5) is 27.5. The van der Waals surface area contributed by atoms with Gasteiger partial charge in [0.25, 0.3) is 0 Å². The first kappa shape index (κ1) is 24.1. The van der Waals surface area contributed by atoms with Crippen LogP contribution in [0.15, 0.2) is 41.7 Å². The van der Waals surface area contributed by atoms with Gasteiger partial charge in [0.15, 0.2) is 0 Å². The number of carbonyl (C=O) groups excluding carboxylic acids is 1. The molecule has 0 saturated carbocycles. The molecular weight excluding hydrogens is 470 g/mol. The van der Waals surface area contributed by atoms with E-state index in [1.165, 1.54) is 5.56 Å². The molecule has 1 aromatic carbocycles. The molecule has 4 aromatic rings. The van der Waals surface area contributed by atoms with Crippen molar-refractivity contribution in [3.63, 3.8) is 0 Å². The fourth-order valence-corrected chi connectivity index (χ4v) is 5.67. The maximum absolute atomic E-state index is 11.8. The summed E-state index contributed by atoms with van der Waals surface area (Å²) in [7, 11) is 0. The average Bonchev–Trinajstić information content (AvgIpc) is 3.40. The Kier molecular flexibility index (Phi) is 6.53. The zero-order valence-corrected chi connectivity index (χ0v) is 22.0. The van der Waals surface area contributed by atoms with E-state index in [0.717, 1.165) is 67.9 Å². The summed E-state index contributed by atoms with van der Waals surface area (Å²) >= 11 is 1.60. The summed E-state index contributed by atoms with van der Waals surface area (Å²) in [6, 6.07) is 10.3. The van der Waals surface area contributed by atoms with E-state index in [2.05, 4.69) is 35.3 Å². The summed E-state index contributed by atoms with van der Waals surface area (Å²) in [5, 5.41) is 10.1. The van der Waals surface area contributed by atoms with Gasteiger partial charge in [0.1, 0.15) is 16.9 Å². The molecule has 0 amide bonds. The van der Waals surface area contributed by atoms with Crippen molar-refractivity contribution in [1.82, 2.24) is 19.7 Å². The van der Waals surface area contributed by atoms with Crippen LogP contribution in [0.5, 0.6) is 0 Å². The van der Waals surface area contributed by atoms with Gasteiger partial charge in [-0.25, -0.2) is 9.67 Å². The number of aryl methyl sites for hydroxylation is 3. The van der Waals surface area contributed by atoms with Crippen molar-refractivity contribution in [2.45, 2.75) is 60.0 Å². The number of nitrogens with zero attached hydrogens (tertiary/aromatic N) is 5. The summed E-state index contributed by atoms with van der Waals surface area (Å²) in [6.45, 7) is 9.57. The SMILES string of the molecule is CC(=O)Cc1nc2c(s1)-c1c(c(-c3ccc(C)nc3)nn1-c1ccc(/C=N/OC(C)C)cc1C)CC2. The molecule has 3 heterocycles. The molecule has 7 nitrogen and oxygen atoms in total. The lowest BCUT2D eigenvalue weighted by Crippen LogP contribution is -2.07. The van der Waals surface area contributed by atoms with Crippen molar-refractivity contribution in [2.75, 3.05) is 0 Å². The van der Waals surface area contributed by atoms with Crippen LogP contribution in [0.1, 0.15) is 53.9 Å². The molecule has 0 spiro atoms. The zero-order chi connectivity index (χ0) is 25.4. The molecule has 3 aromatic heterocycles. The van der Waals surface area contributed by atoms with Crippen LogP contribution in [-0.4, -0.2) is 37.9 Å². The fourth-order valence-electron chi connectivity index (χ4n) is 4.43. The summed E-state index contributed by atoms with van der Waals surface area (Å²) in [5.74, 6) is 0.121. The predicted molar refractivity (Wildman–Crippen MR) is 143 cm³/mol. The highest BCUT2D eigenvalue weighted by Crippen LogP contribution is 2.43. The van der Waals surface area contributed by atoms with E-state index in [1.54, 1.807) is 24.5 Å². The number of hydrogen-bond acceptors (Lipinski definition) is 7. The molecule has 0 atom stereocenters. The van der Waals surface area contributed by atoms with Crippen LogP contribution in [0.25, 0.3) is 27.5 Å². The Morgan fingerprint density at radius 2 is 2.06 bits per heavy atom. The number of pyridine rings is 1. The quantitative estimate of drug-likeness (QED) is 0.242.